The number of aliphatic hydroxyl groups excluding tert-OH is 1. The Bertz CT molecular complexity index is 331. The lowest BCUT2D eigenvalue weighted by atomic mass is 9.82. The van der Waals surface area contributed by atoms with Crippen molar-refractivity contribution in [2.45, 2.75) is 64.1 Å². The van der Waals surface area contributed by atoms with Crippen LogP contribution in [0.3, 0.4) is 0 Å². The number of rotatable bonds is 7. The van der Waals surface area contributed by atoms with Gasteiger partial charge in [0.15, 0.2) is 0 Å². The lowest BCUT2D eigenvalue weighted by molar-refractivity contribution is -0.0744. The summed E-state index contributed by atoms with van der Waals surface area (Å²) in [7, 11) is 0. The molecular formula is C16H26O2S. The highest BCUT2D eigenvalue weighted by atomic mass is 32.1. The molecule has 0 amide bonds. The molecule has 1 aliphatic carbocycles. The highest BCUT2D eigenvalue weighted by molar-refractivity contribution is 7.07. The molecule has 0 spiro atoms. The van der Waals surface area contributed by atoms with Crippen molar-refractivity contribution in [3.63, 3.8) is 0 Å². The van der Waals surface area contributed by atoms with Crippen molar-refractivity contribution in [1.29, 1.82) is 0 Å². The summed E-state index contributed by atoms with van der Waals surface area (Å²) in [5.74, 6) is 0.561. The van der Waals surface area contributed by atoms with Crippen molar-refractivity contribution in [2.24, 2.45) is 5.92 Å². The molecule has 1 fully saturated rings. The van der Waals surface area contributed by atoms with Crippen molar-refractivity contribution >= 4 is 11.3 Å². The Balaban J connectivity index is 1.85. The summed E-state index contributed by atoms with van der Waals surface area (Å²) in [6, 6.07) is 2.15. The molecule has 2 unspecified atom stereocenters. The van der Waals surface area contributed by atoms with Crippen LogP contribution in [0.15, 0.2) is 16.8 Å². The van der Waals surface area contributed by atoms with E-state index in [4.69, 9.17) is 4.74 Å². The first-order valence-corrected chi connectivity index (χ1v) is 8.56. The fourth-order valence-electron chi connectivity index (χ4n) is 3.13. The summed E-state index contributed by atoms with van der Waals surface area (Å²) in [5, 5.41) is 14.7. The zero-order valence-corrected chi connectivity index (χ0v) is 12.7. The first kappa shape index (κ1) is 15.0. The maximum atomic E-state index is 10.5. The molecule has 19 heavy (non-hydrogen) atoms. The highest BCUT2D eigenvalue weighted by Gasteiger charge is 2.29. The van der Waals surface area contributed by atoms with Crippen LogP contribution in [0.2, 0.25) is 0 Å². The number of aryl methyl sites for hydroxylation is 1. The van der Waals surface area contributed by atoms with Gasteiger partial charge in [-0.1, -0.05) is 19.3 Å². The number of aliphatic hydroxyl groups is 1. The van der Waals surface area contributed by atoms with Gasteiger partial charge in [-0.25, -0.2) is 0 Å². The van der Waals surface area contributed by atoms with E-state index >= 15 is 0 Å². The van der Waals surface area contributed by atoms with Crippen LogP contribution in [0.4, 0.5) is 0 Å². The van der Waals surface area contributed by atoms with E-state index in [0.717, 1.165) is 12.8 Å². The van der Waals surface area contributed by atoms with Crippen molar-refractivity contribution in [3.05, 3.63) is 22.4 Å². The fraction of sp³-hybridized carbons (Fsp3) is 0.750. The van der Waals surface area contributed by atoms with Crippen LogP contribution >= 0.6 is 11.3 Å². The van der Waals surface area contributed by atoms with Gasteiger partial charge in [-0.15, -0.1) is 0 Å². The summed E-state index contributed by atoms with van der Waals surface area (Å²) < 4.78 is 5.87. The Morgan fingerprint density at radius 1 is 1.37 bits per heavy atom. The predicted molar refractivity (Wildman–Crippen MR) is 80.6 cm³/mol. The molecule has 1 aromatic heterocycles. The van der Waals surface area contributed by atoms with Gasteiger partial charge in [-0.05, 0) is 60.9 Å². The van der Waals surface area contributed by atoms with E-state index in [-0.39, 0.29) is 12.2 Å². The van der Waals surface area contributed by atoms with E-state index in [0.29, 0.717) is 12.5 Å². The second-order valence-corrected chi connectivity index (χ2v) is 6.34. The summed E-state index contributed by atoms with van der Waals surface area (Å²) in [5.41, 5.74) is 1.34. The minimum absolute atomic E-state index is 0.0453. The molecule has 1 aromatic rings. The third-order valence-electron chi connectivity index (χ3n) is 4.16. The standard InChI is InChI=1S/C16H26O2S/c1-2-18-16(14-6-4-3-5-7-14)15(17)9-8-13-10-11-19-12-13/h10-12,14-17H,2-9H2,1H3. The molecule has 0 aliphatic heterocycles. The van der Waals surface area contributed by atoms with Gasteiger partial charge in [0, 0.05) is 6.61 Å². The van der Waals surface area contributed by atoms with Crippen LogP contribution in [0.25, 0.3) is 0 Å². The van der Waals surface area contributed by atoms with Gasteiger partial charge in [0.25, 0.3) is 0 Å². The minimum atomic E-state index is -0.317. The van der Waals surface area contributed by atoms with Gasteiger partial charge in [0.1, 0.15) is 0 Å². The highest BCUT2D eigenvalue weighted by Crippen LogP contribution is 2.30. The average Bonchev–Trinajstić information content (AvgIpc) is 2.96. The molecule has 1 heterocycles. The summed E-state index contributed by atoms with van der Waals surface area (Å²) in [4.78, 5) is 0. The second kappa shape index (κ2) is 8.03. The SMILES string of the molecule is CCOC(C(O)CCc1ccsc1)C1CCCCC1. The van der Waals surface area contributed by atoms with Crippen LogP contribution in [0.5, 0.6) is 0 Å². The van der Waals surface area contributed by atoms with E-state index in [1.54, 1.807) is 11.3 Å². The Morgan fingerprint density at radius 2 is 2.16 bits per heavy atom. The molecule has 0 aromatic carbocycles. The molecule has 108 valence electrons. The largest absolute Gasteiger partial charge is 0.390 e. The van der Waals surface area contributed by atoms with Crippen molar-refractivity contribution in [3.8, 4) is 0 Å². The van der Waals surface area contributed by atoms with Crippen molar-refractivity contribution < 1.29 is 9.84 Å². The zero-order valence-electron chi connectivity index (χ0n) is 11.9. The third kappa shape index (κ3) is 4.59. The number of hydrogen-bond acceptors (Lipinski definition) is 3. The number of thiophene rings is 1. The average molecular weight is 282 g/mol. The van der Waals surface area contributed by atoms with Gasteiger partial charge in [-0.3, -0.25) is 0 Å². The number of ether oxygens (including phenoxy) is 1. The molecule has 2 rings (SSSR count). The smallest absolute Gasteiger partial charge is 0.0861 e. The molecule has 3 heteroatoms. The minimum Gasteiger partial charge on any atom is -0.390 e. The normalized spacial score (nSPS) is 20.3. The van der Waals surface area contributed by atoms with E-state index in [9.17, 15) is 5.11 Å². The van der Waals surface area contributed by atoms with Gasteiger partial charge in [0.2, 0.25) is 0 Å². The lowest BCUT2D eigenvalue weighted by Gasteiger charge is -2.33. The predicted octanol–water partition coefficient (Wildman–Crippen LogP) is 4.03. The fourth-order valence-corrected chi connectivity index (χ4v) is 3.83. The third-order valence-corrected chi connectivity index (χ3v) is 4.89. The molecule has 0 radical (unpaired) electrons. The van der Waals surface area contributed by atoms with E-state index < -0.39 is 0 Å². The van der Waals surface area contributed by atoms with Crippen molar-refractivity contribution in [1.82, 2.24) is 0 Å². The maximum absolute atomic E-state index is 10.5. The summed E-state index contributed by atoms with van der Waals surface area (Å²) in [6.07, 6.45) is 7.89. The molecule has 1 aliphatic rings. The van der Waals surface area contributed by atoms with E-state index in [2.05, 4.69) is 16.8 Å². The van der Waals surface area contributed by atoms with Crippen LogP contribution < -0.4 is 0 Å². The summed E-state index contributed by atoms with van der Waals surface area (Å²) >= 11 is 1.73. The zero-order chi connectivity index (χ0) is 13.5. The molecular weight excluding hydrogens is 256 g/mol. The first-order chi connectivity index (χ1) is 9.31. The topological polar surface area (TPSA) is 29.5 Å². The van der Waals surface area contributed by atoms with Crippen LogP contribution in [-0.2, 0) is 11.2 Å². The summed E-state index contributed by atoms with van der Waals surface area (Å²) in [6.45, 7) is 2.73. The van der Waals surface area contributed by atoms with Gasteiger partial charge < -0.3 is 9.84 Å². The van der Waals surface area contributed by atoms with Crippen molar-refractivity contribution in [2.75, 3.05) is 6.61 Å². The van der Waals surface area contributed by atoms with Gasteiger partial charge in [-0.2, -0.15) is 11.3 Å². The van der Waals surface area contributed by atoms with Gasteiger partial charge in [0.05, 0.1) is 12.2 Å². The molecule has 0 saturated heterocycles. The van der Waals surface area contributed by atoms with Crippen LogP contribution in [0.1, 0.15) is 51.0 Å². The maximum Gasteiger partial charge on any atom is 0.0861 e. The quantitative estimate of drug-likeness (QED) is 0.818. The first-order valence-electron chi connectivity index (χ1n) is 7.62. The molecule has 1 N–H and O–H groups in total. The van der Waals surface area contributed by atoms with Crippen LogP contribution in [-0.4, -0.2) is 23.9 Å². The molecule has 1 saturated carbocycles. The lowest BCUT2D eigenvalue weighted by Crippen LogP contribution is -2.37. The molecule has 2 nitrogen and oxygen atoms in total. The Kier molecular flexibility index (Phi) is 6.35. The second-order valence-electron chi connectivity index (χ2n) is 5.56. The monoisotopic (exact) mass is 282 g/mol. The van der Waals surface area contributed by atoms with E-state index in [1.807, 2.05) is 6.92 Å². The Labute approximate surface area is 120 Å². The van der Waals surface area contributed by atoms with Gasteiger partial charge >= 0.3 is 0 Å². The molecule has 0 bridgehead atoms. The van der Waals surface area contributed by atoms with E-state index in [1.165, 1.54) is 37.7 Å². The Morgan fingerprint density at radius 3 is 2.79 bits per heavy atom. The Hall–Kier alpha value is -0.380. The molecule has 2 atom stereocenters. The van der Waals surface area contributed by atoms with Crippen LogP contribution in [0, 0.1) is 5.92 Å². The number of hydrogen-bond donors (Lipinski definition) is 1.